The first-order chi connectivity index (χ1) is 9.29. The fourth-order valence-corrected chi connectivity index (χ4v) is 4.59. The molecule has 1 saturated heterocycles. The third-order valence-corrected chi connectivity index (χ3v) is 6.03. The van der Waals surface area contributed by atoms with Crippen LogP contribution in [0.1, 0.15) is 32.6 Å². The molecule has 114 valence electrons. The van der Waals surface area contributed by atoms with Gasteiger partial charge in [-0.15, -0.1) is 0 Å². The predicted octanol–water partition coefficient (Wildman–Crippen LogP) is -0.157. The van der Waals surface area contributed by atoms with Crippen LogP contribution in [0.25, 0.3) is 0 Å². The number of amidine groups is 1. The molecule has 1 aliphatic carbocycles. The molecule has 0 aromatic heterocycles. The van der Waals surface area contributed by atoms with E-state index in [1.54, 1.807) is 0 Å². The van der Waals surface area contributed by atoms with Crippen LogP contribution in [0.15, 0.2) is 5.16 Å². The van der Waals surface area contributed by atoms with Crippen LogP contribution in [-0.4, -0.2) is 42.9 Å². The van der Waals surface area contributed by atoms with E-state index < -0.39 is 15.3 Å². The van der Waals surface area contributed by atoms with Gasteiger partial charge in [-0.05, 0) is 31.6 Å². The number of carbonyl (C=O) groups excluding carboxylic acids is 1. The van der Waals surface area contributed by atoms with Crippen molar-refractivity contribution in [1.29, 1.82) is 0 Å². The van der Waals surface area contributed by atoms with Crippen LogP contribution in [0.2, 0.25) is 0 Å². The number of nitrogens with one attached hydrogen (secondary N) is 1. The normalized spacial score (nSPS) is 34.2. The highest BCUT2D eigenvalue weighted by Gasteiger charge is 2.52. The van der Waals surface area contributed by atoms with Gasteiger partial charge in [0, 0.05) is 6.04 Å². The van der Waals surface area contributed by atoms with Gasteiger partial charge < -0.3 is 16.3 Å². The number of rotatable bonds is 3. The smallest absolute Gasteiger partial charge is 0.234 e. The Hall–Kier alpha value is -1.31. The minimum absolute atomic E-state index is 0.0588. The summed E-state index contributed by atoms with van der Waals surface area (Å²) in [6.07, 6.45) is 1.96. The number of nitrogens with zero attached hydrogens (tertiary/aromatic N) is 1. The van der Waals surface area contributed by atoms with Crippen LogP contribution < -0.4 is 11.1 Å². The number of sulfone groups is 1. The fraction of sp³-hybridized carbons (Fsp3) is 0.833. The van der Waals surface area contributed by atoms with E-state index in [4.69, 9.17) is 10.9 Å². The van der Waals surface area contributed by atoms with E-state index in [1.165, 1.54) is 0 Å². The van der Waals surface area contributed by atoms with E-state index in [0.29, 0.717) is 31.6 Å². The Labute approximate surface area is 118 Å². The van der Waals surface area contributed by atoms with E-state index in [2.05, 4.69) is 10.5 Å². The van der Waals surface area contributed by atoms with Crippen molar-refractivity contribution < 1.29 is 18.4 Å². The van der Waals surface area contributed by atoms with Crippen molar-refractivity contribution in [2.45, 2.75) is 38.6 Å². The maximum absolute atomic E-state index is 12.4. The van der Waals surface area contributed by atoms with E-state index in [0.717, 1.165) is 0 Å². The van der Waals surface area contributed by atoms with E-state index in [1.807, 2.05) is 6.92 Å². The summed E-state index contributed by atoms with van der Waals surface area (Å²) >= 11 is 0. The lowest BCUT2D eigenvalue weighted by Crippen LogP contribution is -2.58. The van der Waals surface area contributed by atoms with E-state index in [9.17, 15) is 13.2 Å². The van der Waals surface area contributed by atoms with Crippen LogP contribution in [-0.2, 0) is 14.6 Å². The summed E-state index contributed by atoms with van der Waals surface area (Å²) in [5, 5.41) is 14.7. The summed E-state index contributed by atoms with van der Waals surface area (Å²) in [5.74, 6) is 0.245. The van der Waals surface area contributed by atoms with Gasteiger partial charge in [-0.2, -0.15) is 0 Å². The van der Waals surface area contributed by atoms with E-state index >= 15 is 0 Å². The molecule has 0 bridgehead atoms. The molecule has 2 rings (SSSR count). The SMILES string of the molecule is CC1CC(C(=O)NC2CCS(=O)(=O)CC2)(C(N)=NO)C1. The van der Waals surface area contributed by atoms with Gasteiger partial charge in [0.1, 0.15) is 15.3 Å². The van der Waals surface area contributed by atoms with Crippen molar-refractivity contribution in [3.63, 3.8) is 0 Å². The van der Waals surface area contributed by atoms with Crippen LogP contribution in [0.5, 0.6) is 0 Å². The van der Waals surface area contributed by atoms with Gasteiger partial charge in [-0.1, -0.05) is 12.1 Å². The molecule has 1 saturated carbocycles. The second-order valence-electron chi connectivity index (χ2n) is 5.98. The summed E-state index contributed by atoms with van der Waals surface area (Å²) < 4.78 is 22.7. The highest BCUT2D eigenvalue weighted by Crippen LogP contribution is 2.46. The highest BCUT2D eigenvalue weighted by molar-refractivity contribution is 7.91. The first-order valence-electron chi connectivity index (χ1n) is 6.78. The highest BCUT2D eigenvalue weighted by atomic mass is 32.2. The van der Waals surface area contributed by atoms with Crippen molar-refractivity contribution in [2.75, 3.05) is 11.5 Å². The van der Waals surface area contributed by atoms with Crippen LogP contribution in [0.3, 0.4) is 0 Å². The molecule has 8 heteroatoms. The largest absolute Gasteiger partial charge is 0.409 e. The molecule has 0 spiro atoms. The zero-order valence-electron chi connectivity index (χ0n) is 11.5. The predicted molar refractivity (Wildman–Crippen MR) is 74.1 cm³/mol. The standard InChI is InChI=1S/C12H21N3O4S/c1-8-6-12(7-8,10(13)15-17)11(16)14-9-2-4-20(18,19)5-3-9/h8-9,17H,2-7H2,1H3,(H2,13,15)(H,14,16). The van der Waals surface area contributed by atoms with Gasteiger partial charge >= 0.3 is 0 Å². The maximum atomic E-state index is 12.4. The number of hydrogen-bond acceptors (Lipinski definition) is 5. The van der Waals surface area contributed by atoms with Crippen molar-refractivity contribution in [3.8, 4) is 0 Å². The van der Waals surface area contributed by atoms with Crippen LogP contribution in [0, 0.1) is 11.3 Å². The van der Waals surface area contributed by atoms with Crippen molar-refractivity contribution >= 4 is 21.6 Å². The lowest BCUT2D eigenvalue weighted by molar-refractivity contribution is -0.134. The number of nitrogens with two attached hydrogens (primary N) is 1. The van der Waals surface area contributed by atoms with Gasteiger partial charge in [-0.3, -0.25) is 4.79 Å². The number of hydrogen-bond donors (Lipinski definition) is 3. The van der Waals surface area contributed by atoms with Gasteiger partial charge in [0.2, 0.25) is 5.91 Å². The molecule has 1 amide bonds. The Balaban J connectivity index is 2.01. The molecule has 0 aromatic rings. The molecule has 2 fully saturated rings. The van der Waals surface area contributed by atoms with Gasteiger partial charge in [0.05, 0.1) is 11.5 Å². The first-order valence-corrected chi connectivity index (χ1v) is 8.60. The molecular formula is C12H21N3O4S. The lowest BCUT2D eigenvalue weighted by Gasteiger charge is -2.44. The van der Waals surface area contributed by atoms with Gasteiger partial charge in [0.15, 0.2) is 5.84 Å². The van der Waals surface area contributed by atoms with Crippen LogP contribution in [0.4, 0.5) is 0 Å². The lowest BCUT2D eigenvalue weighted by atomic mass is 9.61. The molecule has 7 nitrogen and oxygen atoms in total. The summed E-state index contributed by atoms with van der Waals surface area (Å²) in [5.41, 5.74) is 4.74. The monoisotopic (exact) mass is 303 g/mol. The van der Waals surface area contributed by atoms with Crippen LogP contribution >= 0.6 is 0 Å². The summed E-state index contributed by atoms with van der Waals surface area (Å²) in [6.45, 7) is 2.00. The minimum atomic E-state index is -2.95. The molecule has 4 N–H and O–H groups in total. The average Bonchev–Trinajstić information content (AvgIpc) is 2.36. The fourth-order valence-electron chi connectivity index (χ4n) is 3.09. The molecule has 1 aliphatic heterocycles. The molecule has 0 unspecified atom stereocenters. The molecule has 20 heavy (non-hydrogen) atoms. The quantitative estimate of drug-likeness (QED) is 0.289. The molecule has 1 heterocycles. The molecule has 2 aliphatic rings. The summed E-state index contributed by atoms with van der Waals surface area (Å²) in [4.78, 5) is 12.4. The Morgan fingerprint density at radius 2 is 1.90 bits per heavy atom. The minimum Gasteiger partial charge on any atom is -0.409 e. The Morgan fingerprint density at radius 3 is 2.35 bits per heavy atom. The molecule has 0 radical (unpaired) electrons. The Bertz CT molecular complexity index is 509. The number of oxime groups is 1. The second-order valence-corrected chi connectivity index (χ2v) is 8.28. The third kappa shape index (κ3) is 2.74. The first kappa shape index (κ1) is 15.1. The second kappa shape index (κ2) is 5.23. The molecular weight excluding hydrogens is 282 g/mol. The van der Waals surface area contributed by atoms with Crippen molar-refractivity contribution in [2.24, 2.45) is 22.2 Å². The Morgan fingerprint density at radius 1 is 1.35 bits per heavy atom. The maximum Gasteiger partial charge on any atom is 0.234 e. The zero-order chi connectivity index (χ0) is 15.0. The molecule has 0 atom stereocenters. The molecule has 0 aromatic carbocycles. The summed E-state index contributed by atoms with van der Waals surface area (Å²) in [6, 6.07) is -0.148. The van der Waals surface area contributed by atoms with E-state index in [-0.39, 0.29) is 29.3 Å². The van der Waals surface area contributed by atoms with Crippen molar-refractivity contribution in [3.05, 3.63) is 0 Å². The number of carbonyl (C=O) groups is 1. The summed E-state index contributed by atoms with van der Waals surface area (Å²) in [7, 11) is -2.95. The third-order valence-electron chi connectivity index (χ3n) is 4.32. The van der Waals surface area contributed by atoms with Gasteiger partial charge in [0.25, 0.3) is 0 Å². The number of amides is 1. The average molecular weight is 303 g/mol. The zero-order valence-corrected chi connectivity index (χ0v) is 12.3. The Kier molecular flexibility index (Phi) is 3.95. The van der Waals surface area contributed by atoms with Gasteiger partial charge in [-0.25, -0.2) is 8.42 Å². The van der Waals surface area contributed by atoms with Crippen molar-refractivity contribution in [1.82, 2.24) is 5.32 Å². The topological polar surface area (TPSA) is 122 Å².